The minimum Gasteiger partial charge on any atom is -0.355 e. The van der Waals surface area contributed by atoms with Crippen LogP contribution < -0.4 is 10.2 Å². The highest BCUT2D eigenvalue weighted by Gasteiger charge is 2.07. The zero-order valence-electron chi connectivity index (χ0n) is 13.4. The maximum Gasteiger partial charge on any atom is 0.128 e. The highest BCUT2D eigenvalue weighted by atomic mass is 32.1. The van der Waals surface area contributed by atoms with Crippen molar-refractivity contribution in [3.63, 3.8) is 0 Å². The summed E-state index contributed by atoms with van der Waals surface area (Å²) in [4.78, 5) is 8.30. The van der Waals surface area contributed by atoms with E-state index < -0.39 is 0 Å². The second kappa shape index (κ2) is 7.57. The van der Waals surface area contributed by atoms with Gasteiger partial charge in [0.05, 0.1) is 6.54 Å². The van der Waals surface area contributed by atoms with Crippen molar-refractivity contribution < 1.29 is 0 Å². The van der Waals surface area contributed by atoms with Crippen LogP contribution in [-0.4, -0.2) is 18.6 Å². The van der Waals surface area contributed by atoms with Gasteiger partial charge in [-0.15, -0.1) is 11.3 Å². The third-order valence-corrected chi connectivity index (χ3v) is 4.27. The standard InChI is InChI=1S/C17H25N3S/c1-13(2)10-18-11-15-7-8-17(19-14(15)3)20(4)12-16-6-5-9-21-16/h5-9,13,18H,10-12H2,1-4H3. The molecule has 4 heteroatoms. The van der Waals surface area contributed by atoms with E-state index in [-0.39, 0.29) is 0 Å². The molecule has 114 valence electrons. The van der Waals surface area contributed by atoms with Crippen molar-refractivity contribution in [1.82, 2.24) is 10.3 Å². The van der Waals surface area contributed by atoms with Gasteiger partial charge in [-0.3, -0.25) is 0 Å². The number of hydrogen-bond donors (Lipinski definition) is 1. The van der Waals surface area contributed by atoms with E-state index in [0.717, 1.165) is 31.1 Å². The summed E-state index contributed by atoms with van der Waals surface area (Å²) in [6.07, 6.45) is 0. The summed E-state index contributed by atoms with van der Waals surface area (Å²) < 4.78 is 0. The molecule has 2 heterocycles. The van der Waals surface area contributed by atoms with E-state index in [1.807, 2.05) is 0 Å². The molecule has 0 fully saturated rings. The number of anilines is 1. The molecule has 3 nitrogen and oxygen atoms in total. The normalized spacial score (nSPS) is 11.1. The van der Waals surface area contributed by atoms with E-state index in [9.17, 15) is 0 Å². The highest BCUT2D eigenvalue weighted by molar-refractivity contribution is 7.09. The first-order valence-electron chi connectivity index (χ1n) is 7.47. The van der Waals surface area contributed by atoms with Gasteiger partial charge >= 0.3 is 0 Å². The fourth-order valence-electron chi connectivity index (χ4n) is 2.19. The molecule has 0 aliphatic carbocycles. The molecule has 0 aliphatic heterocycles. The molecular weight excluding hydrogens is 278 g/mol. The maximum atomic E-state index is 4.74. The van der Waals surface area contributed by atoms with Gasteiger partial charge < -0.3 is 10.2 Å². The van der Waals surface area contributed by atoms with Gasteiger partial charge in [0, 0.05) is 24.2 Å². The Kier molecular flexibility index (Phi) is 5.76. The minimum atomic E-state index is 0.675. The number of nitrogens with one attached hydrogen (secondary N) is 1. The number of aryl methyl sites for hydroxylation is 1. The first kappa shape index (κ1) is 16.0. The Labute approximate surface area is 132 Å². The summed E-state index contributed by atoms with van der Waals surface area (Å²) in [6.45, 7) is 9.39. The maximum absolute atomic E-state index is 4.74. The van der Waals surface area contributed by atoms with Crippen molar-refractivity contribution >= 4 is 17.2 Å². The smallest absolute Gasteiger partial charge is 0.128 e. The number of rotatable bonds is 7. The number of hydrogen-bond acceptors (Lipinski definition) is 4. The molecule has 0 saturated heterocycles. The number of nitrogens with zero attached hydrogens (tertiary/aromatic N) is 2. The summed E-state index contributed by atoms with van der Waals surface area (Å²) in [5, 5.41) is 5.59. The predicted octanol–water partition coefficient (Wildman–Crippen LogP) is 3.83. The van der Waals surface area contributed by atoms with Crippen LogP contribution in [0, 0.1) is 12.8 Å². The Morgan fingerprint density at radius 2 is 2.10 bits per heavy atom. The molecule has 0 amide bonds. The van der Waals surface area contributed by atoms with Crippen LogP contribution >= 0.6 is 11.3 Å². The second-order valence-corrected chi connectivity index (χ2v) is 6.91. The van der Waals surface area contributed by atoms with Crippen molar-refractivity contribution in [2.75, 3.05) is 18.5 Å². The van der Waals surface area contributed by atoms with Crippen molar-refractivity contribution in [3.8, 4) is 0 Å². The van der Waals surface area contributed by atoms with E-state index in [4.69, 9.17) is 4.98 Å². The molecule has 2 aromatic heterocycles. The molecule has 0 aromatic carbocycles. The van der Waals surface area contributed by atoms with E-state index >= 15 is 0 Å². The fraction of sp³-hybridized carbons (Fsp3) is 0.471. The lowest BCUT2D eigenvalue weighted by Gasteiger charge is -2.19. The molecule has 0 spiro atoms. The fourth-order valence-corrected chi connectivity index (χ4v) is 2.95. The van der Waals surface area contributed by atoms with Crippen LogP contribution in [0.25, 0.3) is 0 Å². The van der Waals surface area contributed by atoms with Crippen molar-refractivity contribution in [2.45, 2.75) is 33.9 Å². The van der Waals surface area contributed by atoms with E-state index in [2.05, 4.69) is 67.7 Å². The summed E-state index contributed by atoms with van der Waals surface area (Å²) in [5.41, 5.74) is 2.39. The molecule has 1 N–H and O–H groups in total. The van der Waals surface area contributed by atoms with Crippen molar-refractivity contribution in [1.29, 1.82) is 0 Å². The Balaban J connectivity index is 1.97. The molecule has 0 bridgehead atoms. The van der Waals surface area contributed by atoms with E-state index in [1.165, 1.54) is 10.4 Å². The first-order chi connectivity index (χ1) is 10.1. The van der Waals surface area contributed by atoms with Gasteiger partial charge in [0.1, 0.15) is 5.82 Å². The third kappa shape index (κ3) is 4.83. The van der Waals surface area contributed by atoms with Crippen LogP contribution in [-0.2, 0) is 13.1 Å². The van der Waals surface area contributed by atoms with Crippen LogP contribution in [0.15, 0.2) is 29.6 Å². The van der Waals surface area contributed by atoms with E-state index in [1.54, 1.807) is 11.3 Å². The first-order valence-corrected chi connectivity index (χ1v) is 8.35. The molecule has 0 unspecified atom stereocenters. The second-order valence-electron chi connectivity index (χ2n) is 5.87. The van der Waals surface area contributed by atoms with Gasteiger partial charge in [-0.25, -0.2) is 4.98 Å². The van der Waals surface area contributed by atoms with Crippen LogP contribution in [0.3, 0.4) is 0 Å². The van der Waals surface area contributed by atoms with Gasteiger partial charge in [-0.2, -0.15) is 0 Å². The zero-order valence-corrected chi connectivity index (χ0v) is 14.2. The Morgan fingerprint density at radius 1 is 1.29 bits per heavy atom. The average Bonchev–Trinajstić information content (AvgIpc) is 2.93. The van der Waals surface area contributed by atoms with Crippen LogP contribution in [0.4, 0.5) is 5.82 Å². The number of aromatic nitrogens is 1. The number of thiophene rings is 1. The monoisotopic (exact) mass is 303 g/mol. The number of pyridine rings is 1. The van der Waals surface area contributed by atoms with Crippen LogP contribution in [0.1, 0.15) is 30.0 Å². The van der Waals surface area contributed by atoms with Gasteiger partial charge in [0.15, 0.2) is 0 Å². The molecule has 0 radical (unpaired) electrons. The molecule has 2 aromatic rings. The quantitative estimate of drug-likeness (QED) is 0.842. The van der Waals surface area contributed by atoms with Crippen molar-refractivity contribution in [3.05, 3.63) is 45.8 Å². The van der Waals surface area contributed by atoms with Gasteiger partial charge in [-0.1, -0.05) is 26.0 Å². The predicted molar refractivity (Wildman–Crippen MR) is 91.9 cm³/mol. The lowest BCUT2D eigenvalue weighted by Crippen LogP contribution is -2.21. The summed E-state index contributed by atoms with van der Waals surface area (Å²) in [6, 6.07) is 8.57. The SMILES string of the molecule is Cc1nc(N(C)Cc2cccs2)ccc1CNCC(C)C. The molecule has 0 atom stereocenters. The molecule has 0 saturated carbocycles. The van der Waals surface area contributed by atoms with Crippen LogP contribution in [0.2, 0.25) is 0 Å². The topological polar surface area (TPSA) is 28.2 Å². The summed E-state index contributed by atoms with van der Waals surface area (Å²) in [7, 11) is 2.10. The lowest BCUT2D eigenvalue weighted by molar-refractivity contribution is 0.551. The minimum absolute atomic E-state index is 0.675. The van der Waals surface area contributed by atoms with Gasteiger partial charge in [0.25, 0.3) is 0 Å². The molecular formula is C17H25N3S. The third-order valence-electron chi connectivity index (χ3n) is 3.41. The van der Waals surface area contributed by atoms with Crippen LogP contribution in [0.5, 0.6) is 0 Å². The van der Waals surface area contributed by atoms with Gasteiger partial charge in [-0.05, 0) is 42.5 Å². The highest BCUT2D eigenvalue weighted by Crippen LogP contribution is 2.18. The summed E-state index contributed by atoms with van der Waals surface area (Å²) in [5.74, 6) is 1.71. The Bertz CT molecular complexity index is 549. The zero-order chi connectivity index (χ0) is 15.2. The average molecular weight is 303 g/mol. The molecule has 21 heavy (non-hydrogen) atoms. The Morgan fingerprint density at radius 3 is 2.71 bits per heavy atom. The molecule has 2 rings (SSSR count). The van der Waals surface area contributed by atoms with Crippen molar-refractivity contribution in [2.24, 2.45) is 5.92 Å². The summed E-state index contributed by atoms with van der Waals surface area (Å²) >= 11 is 1.79. The lowest BCUT2D eigenvalue weighted by atomic mass is 10.2. The molecule has 0 aliphatic rings. The largest absolute Gasteiger partial charge is 0.355 e. The van der Waals surface area contributed by atoms with E-state index in [0.29, 0.717) is 5.92 Å². The van der Waals surface area contributed by atoms with Gasteiger partial charge in [0.2, 0.25) is 0 Å². The Hall–Kier alpha value is -1.39.